The van der Waals surface area contributed by atoms with Crippen molar-refractivity contribution in [2.45, 2.75) is 25.0 Å². The third-order valence-corrected chi connectivity index (χ3v) is 6.73. The van der Waals surface area contributed by atoms with Crippen LogP contribution in [0.25, 0.3) is 28.0 Å². The second-order valence-corrected chi connectivity index (χ2v) is 8.75. The van der Waals surface area contributed by atoms with E-state index in [4.69, 9.17) is 19.6 Å². The molecule has 0 aliphatic carbocycles. The van der Waals surface area contributed by atoms with Crippen molar-refractivity contribution in [3.8, 4) is 28.7 Å². The van der Waals surface area contributed by atoms with E-state index in [1.54, 1.807) is 38.1 Å². The van der Waals surface area contributed by atoms with Gasteiger partial charge in [0.1, 0.15) is 5.69 Å². The van der Waals surface area contributed by atoms with E-state index in [-0.39, 0.29) is 5.69 Å². The van der Waals surface area contributed by atoms with Crippen LogP contribution in [-0.2, 0) is 6.54 Å². The summed E-state index contributed by atoms with van der Waals surface area (Å²) >= 11 is 1.70. The molecular weight excluding hydrogens is 442 g/mol. The molecule has 0 saturated heterocycles. The fraction of sp³-hybridized carbons (Fsp3) is 0.261. The highest BCUT2D eigenvalue weighted by Gasteiger charge is 2.29. The second kappa shape index (κ2) is 8.36. The standard InChI is InChI=1S/C23H22N5O4S/c1-14-11-16-12-19(31-2)20(32-3)13-18(16)21(15-5-7-17(8-6-15)28(29)30)27(14)22-24-23-26(25-22)9-4-10-33-23/h5-8,11-13H,4,9-10H2,1-3H3/q+1. The minimum absolute atomic E-state index is 0.0356. The van der Waals surface area contributed by atoms with Gasteiger partial charge in [0, 0.05) is 33.9 Å². The number of aromatic nitrogens is 4. The minimum atomic E-state index is -0.400. The first-order valence-electron chi connectivity index (χ1n) is 10.4. The van der Waals surface area contributed by atoms with Gasteiger partial charge in [-0.25, -0.2) is 0 Å². The molecule has 2 aromatic heterocycles. The van der Waals surface area contributed by atoms with Gasteiger partial charge in [-0.2, -0.15) is 9.25 Å². The summed E-state index contributed by atoms with van der Waals surface area (Å²) in [5.41, 5.74) is 2.60. The highest BCUT2D eigenvalue weighted by molar-refractivity contribution is 7.99. The van der Waals surface area contributed by atoms with Gasteiger partial charge in [-0.3, -0.25) is 10.1 Å². The minimum Gasteiger partial charge on any atom is -0.493 e. The van der Waals surface area contributed by atoms with Gasteiger partial charge in [0.05, 0.1) is 31.4 Å². The van der Waals surface area contributed by atoms with Crippen LogP contribution in [0.3, 0.4) is 0 Å². The van der Waals surface area contributed by atoms with Gasteiger partial charge in [-0.05, 0) is 54.0 Å². The SMILES string of the molecule is COc1cc2cc(C)[n+](-c3nc4n(n3)CCCS4)c(-c3ccc([N+](=O)[O-])cc3)c2cc1OC. The fourth-order valence-electron chi connectivity index (χ4n) is 4.13. The van der Waals surface area contributed by atoms with Crippen molar-refractivity contribution in [1.82, 2.24) is 14.8 Å². The van der Waals surface area contributed by atoms with E-state index in [1.807, 2.05) is 28.3 Å². The summed E-state index contributed by atoms with van der Waals surface area (Å²) in [6.07, 6.45) is 1.05. The van der Waals surface area contributed by atoms with Crippen molar-refractivity contribution in [3.05, 3.63) is 58.3 Å². The van der Waals surface area contributed by atoms with E-state index < -0.39 is 4.92 Å². The molecule has 0 atom stereocenters. The van der Waals surface area contributed by atoms with Crippen LogP contribution in [0, 0.1) is 17.0 Å². The highest BCUT2D eigenvalue weighted by atomic mass is 32.2. The first-order valence-corrected chi connectivity index (χ1v) is 11.4. The predicted octanol–water partition coefficient (Wildman–Crippen LogP) is 4.10. The zero-order valence-electron chi connectivity index (χ0n) is 18.4. The van der Waals surface area contributed by atoms with Crippen LogP contribution >= 0.6 is 11.8 Å². The predicted molar refractivity (Wildman–Crippen MR) is 124 cm³/mol. The molecule has 5 rings (SSSR count). The second-order valence-electron chi connectivity index (χ2n) is 7.69. The van der Waals surface area contributed by atoms with Gasteiger partial charge in [0.15, 0.2) is 11.5 Å². The highest BCUT2D eigenvalue weighted by Crippen LogP contribution is 2.37. The molecule has 0 spiro atoms. The molecular formula is C23H22N5O4S+. The monoisotopic (exact) mass is 464 g/mol. The van der Waals surface area contributed by atoms with E-state index in [1.165, 1.54) is 12.1 Å². The molecule has 33 heavy (non-hydrogen) atoms. The molecule has 10 heteroatoms. The van der Waals surface area contributed by atoms with Crippen LogP contribution in [-0.4, -0.2) is 39.7 Å². The summed E-state index contributed by atoms with van der Waals surface area (Å²) in [4.78, 5) is 15.6. The molecule has 1 aliphatic rings. The number of hydrogen-bond acceptors (Lipinski definition) is 7. The van der Waals surface area contributed by atoms with Gasteiger partial charge in [0.25, 0.3) is 10.8 Å². The average molecular weight is 465 g/mol. The Bertz CT molecular complexity index is 1360. The van der Waals surface area contributed by atoms with Crippen LogP contribution in [0.5, 0.6) is 11.5 Å². The molecule has 0 saturated carbocycles. The van der Waals surface area contributed by atoms with Gasteiger partial charge in [0.2, 0.25) is 0 Å². The van der Waals surface area contributed by atoms with Crippen LogP contribution in [0.1, 0.15) is 12.1 Å². The number of non-ortho nitro benzene ring substituents is 1. The first-order chi connectivity index (χ1) is 16.0. The number of nitro groups is 1. The maximum Gasteiger partial charge on any atom is 0.461 e. The Morgan fingerprint density at radius 3 is 2.52 bits per heavy atom. The third kappa shape index (κ3) is 3.66. The quantitative estimate of drug-likeness (QED) is 0.249. The molecule has 0 amide bonds. The average Bonchev–Trinajstić information content (AvgIpc) is 3.26. The molecule has 3 heterocycles. The Labute approximate surface area is 194 Å². The molecule has 168 valence electrons. The van der Waals surface area contributed by atoms with Gasteiger partial charge in [-0.1, -0.05) is 11.8 Å². The normalized spacial score (nSPS) is 13.1. The lowest BCUT2D eigenvalue weighted by Crippen LogP contribution is -2.38. The molecule has 0 radical (unpaired) electrons. The Morgan fingerprint density at radius 1 is 1.12 bits per heavy atom. The maximum absolute atomic E-state index is 11.2. The summed E-state index contributed by atoms with van der Waals surface area (Å²) in [5.74, 6) is 2.81. The van der Waals surface area contributed by atoms with E-state index in [0.29, 0.717) is 17.4 Å². The van der Waals surface area contributed by atoms with Crippen molar-refractivity contribution in [3.63, 3.8) is 0 Å². The van der Waals surface area contributed by atoms with Gasteiger partial charge < -0.3 is 9.47 Å². The molecule has 1 aliphatic heterocycles. The maximum atomic E-state index is 11.2. The smallest absolute Gasteiger partial charge is 0.461 e. The molecule has 0 fully saturated rings. The largest absolute Gasteiger partial charge is 0.493 e. The number of ether oxygens (including phenoxy) is 2. The number of methoxy groups -OCH3 is 2. The molecule has 0 unspecified atom stereocenters. The van der Waals surface area contributed by atoms with Crippen molar-refractivity contribution in [2.75, 3.05) is 20.0 Å². The summed E-state index contributed by atoms with van der Waals surface area (Å²) in [5, 5.41) is 18.7. The van der Waals surface area contributed by atoms with E-state index in [2.05, 4.69) is 6.07 Å². The van der Waals surface area contributed by atoms with Crippen LogP contribution in [0.15, 0.2) is 47.6 Å². The number of thioether (sulfide) groups is 1. The third-order valence-electron chi connectivity index (χ3n) is 5.68. The van der Waals surface area contributed by atoms with Gasteiger partial charge in [-0.15, -0.1) is 0 Å². The Morgan fingerprint density at radius 2 is 1.85 bits per heavy atom. The van der Waals surface area contributed by atoms with Crippen LogP contribution in [0.4, 0.5) is 5.69 Å². The van der Waals surface area contributed by atoms with E-state index in [9.17, 15) is 10.1 Å². The van der Waals surface area contributed by atoms with Crippen molar-refractivity contribution < 1.29 is 19.0 Å². The zero-order chi connectivity index (χ0) is 23.1. The van der Waals surface area contributed by atoms with Crippen molar-refractivity contribution in [1.29, 1.82) is 0 Å². The summed E-state index contributed by atoms with van der Waals surface area (Å²) < 4.78 is 15.0. The van der Waals surface area contributed by atoms with Gasteiger partial charge >= 0.3 is 5.95 Å². The number of hydrogen-bond donors (Lipinski definition) is 0. The lowest BCUT2D eigenvalue weighted by atomic mass is 10.0. The number of fused-ring (bicyclic) bond motifs is 2. The number of pyridine rings is 1. The Hall–Kier alpha value is -3.66. The molecule has 4 aromatic rings. The lowest BCUT2D eigenvalue weighted by Gasteiger charge is -2.15. The number of nitrogens with zero attached hydrogens (tertiary/aromatic N) is 5. The molecule has 0 N–H and O–H groups in total. The number of rotatable bonds is 5. The first kappa shape index (κ1) is 21.2. The molecule has 0 bridgehead atoms. The summed E-state index contributed by atoms with van der Waals surface area (Å²) in [6.45, 7) is 2.83. The summed E-state index contributed by atoms with van der Waals surface area (Å²) in [6, 6.07) is 12.4. The fourth-order valence-corrected chi connectivity index (χ4v) is 5.01. The Balaban J connectivity index is 1.83. The van der Waals surface area contributed by atoms with E-state index in [0.717, 1.165) is 51.6 Å². The van der Waals surface area contributed by atoms with Crippen LogP contribution in [0.2, 0.25) is 0 Å². The lowest BCUT2D eigenvalue weighted by molar-refractivity contribution is -0.597. The number of nitro benzene ring substituents is 1. The molecule has 9 nitrogen and oxygen atoms in total. The Kier molecular flexibility index (Phi) is 5.37. The van der Waals surface area contributed by atoms with Crippen LogP contribution < -0.4 is 14.0 Å². The molecule has 2 aromatic carbocycles. The van der Waals surface area contributed by atoms with Crippen molar-refractivity contribution in [2.24, 2.45) is 0 Å². The zero-order valence-corrected chi connectivity index (χ0v) is 19.3. The van der Waals surface area contributed by atoms with E-state index >= 15 is 0 Å². The number of benzene rings is 2. The van der Waals surface area contributed by atoms with Crippen molar-refractivity contribution >= 4 is 28.2 Å². The number of aryl methyl sites for hydroxylation is 2. The summed E-state index contributed by atoms with van der Waals surface area (Å²) in [7, 11) is 3.20. The topological polar surface area (TPSA) is 96.2 Å².